The second kappa shape index (κ2) is 8.53. The van der Waals surface area contributed by atoms with E-state index < -0.39 is 0 Å². The maximum Gasteiger partial charge on any atom is 0.262 e. The lowest BCUT2D eigenvalue weighted by Gasteiger charge is -2.11. The Bertz CT molecular complexity index is 695. The van der Waals surface area contributed by atoms with Crippen LogP contribution in [-0.2, 0) is 16.1 Å². The predicted molar refractivity (Wildman–Crippen MR) is 92.9 cm³/mol. The van der Waals surface area contributed by atoms with E-state index in [-0.39, 0.29) is 18.6 Å². The second-order valence-electron chi connectivity index (χ2n) is 5.80. The van der Waals surface area contributed by atoms with Crippen molar-refractivity contribution in [3.05, 3.63) is 36.7 Å². The monoisotopic (exact) mass is 345 g/mol. The number of carbonyl (C=O) groups excluding carboxylic acids is 1. The van der Waals surface area contributed by atoms with Crippen molar-refractivity contribution in [2.75, 3.05) is 25.1 Å². The van der Waals surface area contributed by atoms with Gasteiger partial charge in [-0.05, 0) is 31.9 Å². The molecule has 25 heavy (non-hydrogen) atoms. The lowest BCUT2D eigenvalue weighted by molar-refractivity contribution is -0.118. The molecule has 1 aromatic carbocycles. The molecule has 1 N–H and O–H groups in total. The van der Waals surface area contributed by atoms with Gasteiger partial charge in [-0.1, -0.05) is 12.1 Å². The van der Waals surface area contributed by atoms with Crippen LogP contribution in [0.3, 0.4) is 0 Å². The van der Waals surface area contributed by atoms with Gasteiger partial charge in [0.2, 0.25) is 0 Å². The van der Waals surface area contributed by atoms with E-state index >= 15 is 0 Å². The lowest BCUT2D eigenvalue weighted by Crippen LogP contribution is -2.20. The summed E-state index contributed by atoms with van der Waals surface area (Å²) in [6.45, 7) is 3.86. The van der Waals surface area contributed by atoms with Crippen LogP contribution in [0.2, 0.25) is 0 Å². The molecule has 0 bridgehead atoms. The Labute approximate surface area is 146 Å². The summed E-state index contributed by atoms with van der Waals surface area (Å²) in [5.74, 6) is 0.929. The topological polar surface area (TPSA) is 74.6 Å². The van der Waals surface area contributed by atoms with Gasteiger partial charge in [-0.2, -0.15) is 5.10 Å². The molecule has 0 aliphatic carbocycles. The average Bonchev–Trinajstić information content (AvgIpc) is 3.27. The van der Waals surface area contributed by atoms with Gasteiger partial charge >= 0.3 is 0 Å². The fraction of sp³-hybridized carbons (Fsp3) is 0.444. The van der Waals surface area contributed by atoms with Gasteiger partial charge in [0.05, 0.1) is 31.1 Å². The first-order chi connectivity index (χ1) is 12.2. The SMILES string of the molecule is CCOc1ccccc1OCC(=O)Nc1cnn(C[C@H]2CCCO2)c1. The number of hydrogen-bond donors (Lipinski definition) is 1. The third kappa shape index (κ3) is 4.96. The summed E-state index contributed by atoms with van der Waals surface area (Å²) in [5, 5.41) is 7.03. The average molecular weight is 345 g/mol. The standard InChI is InChI=1S/C18H23N3O4/c1-2-23-16-7-3-4-8-17(16)25-13-18(22)20-14-10-19-21(11-14)12-15-6-5-9-24-15/h3-4,7-8,10-11,15H,2,5-6,9,12-13H2,1H3,(H,20,22)/t15-/m1/s1. The molecular formula is C18H23N3O4. The Morgan fingerprint density at radius 2 is 2.16 bits per heavy atom. The molecule has 0 saturated carbocycles. The van der Waals surface area contributed by atoms with Crippen LogP contribution in [0, 0.1) is 0 Å². The summed E-state index contributed by atoms with van der Waals surface area (Å²) in [4.78, 5) is 12.1. The predicted octanol–water partition coefficient (Wildman–Crippen LogP) is 2.48. The molecule has 1 aliphatic rings. The van der Waals surface area contributed by atoms with Gasteiger partial charge in [0, 0.05) is 12.8 Å². The molecule has 2 aromatic rings. The first kappa shape index (κ1) is 17.3. The molecule has 1 atom stereocenters. The molecule has 134 valence electrons. The molecule has 7 heteroatoms. The number of rotatable bonds is 8. The summed E-state index contributed by atoms with van der Waals surface area (Å²) in [7, 11) is 0. The third-order valence-corrected chi connectivity index (χ3v) is 3.84. The number of para-hydroxylation sites is 2. The summed E-state index contributed by atoms with van der Waals surface area (Å²) in [5.41, 5.74) is 0.643. The highest BCUT2D eigenvalue weighted by Gasteiger charge is 2.16. The van der Waals surface area contributed by atoms with Crippen LogP contribution in [0.25, 0.3) is 0 Å². The third-order valence-electron chi connectivity index (χ3n) is 3.84. The summed E-state index contributed by atoms with van der Waals surface area (Å²) < 4.78 is 18.4. The molecular weight excluding hydrogens is 322 g/mol. The van der Waals surface area contributed by atoms with Crippen molar-refractivity contribution < 1.29 is 19.0 Å². The number of nitrogens with zero attached hydrogens (tertiary/aromatic N) is 2. The first-order valence-corrected chi connectivity index (χ1v) is 8.53. The van der Waals surface area contributed by atoms with Crippen LogP contribution in [0.4, 0.5) is 5.69 Å². The van der Waals surface area contributed by atoms with E-state index in [9.17, 15) is 4.79 Å². The molecule has 1 amide bonds. The summed E-state index contributed by atoms with van der Waals surface area (Å²) >= 11 is 0. The van der Waals surface area contributed by atoms with Gasteiger partial charge in [0.1, 0.15) is 0 Å². The van der Waals surface area contributed by atoms with Crippen molar-refractivity contribution in [2.24, 2.45) is 0 Å². The molecule has 7 nitrogen and oxygen atoms in total. The van der Waals surface area contributed by atoms with E-state index in [2.05, 4.69) is 10.4 Å². The Kier molecular flexibility index (Phi) is 5.90. The highest BCUT2D eigenvalue weighted by atomic mass is 16.5. The Hall–Kier alpha value is -2.54. The van der Waals surface area contributed by atoms with Crippen molar-refractivity contribution in [2.45, 2.75) is 32.4 Å². The normalized spacial score (nSPS) is 16.6. The summed E-state index contributed by atoms with van der Waals surface area (Å²) in [6, 6.07) is 7.29. The summed E-state index contributed by atoms with van der Waals surface area (Å²) in [6.07, 6.45) is 5.78. The fourth-order valence-corrected chi connectivity index (χ4v) is 2.71. The molecule has 1 aliphatic heterocycles. The first-order valence-electron chi connectivity index (χ1n) is 8.53. The minimum atomic E-state index is -0.247. The quantitative estimate of drug-likeness (QED) is 0.795. The Morgan fingerprint density at radius 3 is 2.88 bits per heavy atom. The number of aromatic nitrogens is 2. The molecule has 0 spiro atoms. The molecule has 1 saturated heterocycles. The van der Waals surface area contributed by atoms with Crippen molar-refractivity contribution in [1.29, 1.82) is 0 Å². The highest BCUT2D eigenvalue weighted by Crippen LogP contribution is 2.26. The number of ether oxygens (including phenoxy) is 3. The minimum Gasteiger partial charge on any atom is -0.490 e. The molecule has 0 unspecified atom stereocenters. The number of amides is 1. The van der Waals surface area contributed by atoms with Gasteiger partial charge in [-0.3, -0.25) is 9.48 Å². The van der Waals surface area contributed by atoms with Crippen LogP contribution < -0.4 is 14.8 Å². The van der Waals surface area contributed by atoms with Crippen molar-refractivity contribution in [3.63, 3.8) is 0 Å². The number of hydrogen-bond acceptors (Lipinski definition) is 5. The smallest absolute Gasteiger partial charge is 0.262 e. The Morgan fingerprint density at radius 1 is 1.36 bits per heavy atom. The van der Waals surface area contributed by atoms with Crippen LogP contribution in [0.15, 0.2) is 36.7 Å². The van der Waals surface area contributed by atoms with Crippen molar-refractivity contribution in [3.8, 4) is 11.5 Å². The molecule has 1 aromatic heterocycles. The highest BCUT2D eigenvalue weighted by molar-refractivity contribution is 5.91. The van der Waals surface area contributed by atoms with Gasteiger partial charge in [0.15, 0.2) is 18.1 Å². The molecule has 1 fully saturated rings. The number of benzene rings is 1. The van der Waals surface area contributed by atoms with E-state index in [1.54, 1.807) is 23.1 Å². The minimum absolute atomic E-state index is 0.0962. The Balaban J connectivity index is 1.48. The second-order valence-corrected chi connectivity index (χ2v) is 5.80. The lowest BCUT2D eigenvalue weighted by atomic mass is 10.2. The van der Waals surface area contributed by atoms with Gasteiger partial charge in [0.25, 0.3) is 5.91 Å². The van der Waals surface area contributed by atoms with Gasteiger partial charge < -0.3 is 19.5 Å². The van der Waals surface area contributed by atoms with Crippen LogP contribution >= 0.6 is 0 Å². The van der Waals surface area contributed by atoms with Gasteiger partial charge in [-0.25, -0.2) is 0 Å². The number of anilines is 1. The van der Waals surface area contributed by atoms with E-state index in [1.807, 2.05) is 25.1 Å². The molecule has 0 radical (unpaired) electrons. The number of nitrogens with one attached hydrogen (secondary N) is 1. The number of carbonyl (C=O) groups is 1. The van der Waals surface area contributed by atoms with Crippen molar-refractivity contribution >= 4 is 11.6 Å². The van der Waals surface area contributed by atoms with E-state index in [0.717, 1.165) is 19.4 Å². The van der Waals surface area contributed by atoms with Crippen LogP contribution in [-0.4, -0.2) is 41.6 Å². The zero-order valence-corrected chi connectivity index (χ0v) is 14.3. The maximum absolute atomic E-state index is 12.1. The van der Waals surface area contributed by atoms with E-state index in [4.69, 9.17) is 14.2 Å². The van der Waals surface area contributed by atoms with Crippen LogP contribution in [0.1, 0.15) is 19.8 Å². The van der Waals surface area contributed by atoms with Crippen molar-refractivity contribution in [1.82, 2.24) is 9.78 Å². The van der Waals surface area contributed by atoms with E-state index in [0.29, 0.717) is 30.3 Å². The molecule has 2 heterocycles. The maximum atomic E-state index is 12.1. The molecule has 3 rings (SSSR count). The van der Waals surface area contributed by atoms with Gasteiger partial charge in [-0.15, -0.1) is 0 Å². The fourth-order valence-electron chi connectivity index (χ4n) is 2.71. The van der Waals surface area contributed by atoms with Crippen LogP contribution in [0.5, 0.6) is 11.5 Å². The largest absolute Gasteiger partial charge is 0.490 e. The zero-order chi connectivity index (χ0) is 17.5. The zero-order valence-electron chi connectivity index (χ0n) is 14.3. The van der Waals surface area contributed by atoms with E-state index in [1.165, 1.54) is 0 Å².